The first-order chi connectivity index (χ1) is 13.5. The van der Waals surface area contributed by atoms with E-state index in [-0.39, 0.29) is 28.2 Å². The van der Waals surface area contributed by atoms with Crippen LogP contribution in [0.15, 0.2) is 23.0 Å². The van der Waals surface area contributed by atoms with Crippen LogP contribution < -0.4 is 15.2 Å². The first kappa shape index (κ1) is 20.6. The molecule has 2 N–H and O–H groups in total. The first-order valence-corrected chi connectivity index (χ1v) is 8.36. The lowest BCUT2D eigenvalue weighted by Gasteiger charge is -2.16. The molecule has 3 aromatic rings. The molecule has 0 saturated carbocycles. The van der Waals surface area contributed by atoms with Gasteiger partial charge in [-0.15, -0.1) is 13.2 Å². The maximum absolute atomic E-state index is 14.1. The maximum Gasteiger partial charge on any atom is 0.573 e. The van der Waals surface area contributed by atoms with Gasteiger partial charge in [-0.25, -0.2) is 9.07 Å². The van der Waals surface area contributed by atoms with Crippen molar-refractivity contribution in [2.24, 2.45) is 0 Å². The van der Waals surface area contributed by atoms with Gasteiger partial charge in [0.1, 0.15) is 11.1 Å². The normalized spacial score (nSPS) is 13.0. The van der Waals surface area contributed by atoms with Crippen LogP contribution in [0, 0.1) is 5.82 Å². The molecule has 2 heterocycles. The number of aliphatic hydroxyl groups excluding tert-OH is 1. The average Bonchev–Trinajstić information content (AvgIpc) is 3.01. The number of hydrogen-bond donors (Lipinski definition) is 2. The lowest BCUT2D eigenvalue weighted by Crippen LogP contribution is -2.20. The molecule has 0 unspecified atom stereocenters. The number of aliphatic hydroxyl groups is 1. The molecule has 0 aliphatic rings. The van der Waals surface area contributed by atoms with Crippen LogP contribution in [0.1, 0.15) is 24.2 Å². The summed E-state index contributed by atoms with van der Waals surface area (Å²) in [4.78, 5) is 20.9. The van der Waals surface area contributed by atoms with E-state index in [0.29, 0.717) is 0 Å². The second-order valence-corrected chi connectivity index (χ2v) is 6.45. The number of H-pyrrole nitrogens is 1. The summed E-state index contributed by atoms with van der Waals surface area (Å²) in [6.45, 7) is 1.07. The molecule has 0 spiro atoms. The highest BCUT2D eigenvalue weighted by Gasteiger charge is 2.32. The Balaban J connectivity index is 2.10. The van der Waals surface area contributed by atoms with Gasteiger partial charge in [-0.05, 0) is 24.6 Å². The minimum atomic E-state index is -5.02. The van der Waals surface area contributed by atoms with Crippen LogP contribution >= 0.6 is 0 Å². The van der Waals surface area contributed by atoms with E-state index in [2.05, 4.69) is 19.8 Å². The number of benzene rings is 1. The van der Waals surface area contributed by atoms with Crippen LogP contribution in [0.2, 0.25) is 0 Å². The smallest absolute Gasteiger partial charge is 0.403 e. The molecule has 0 fully saturated rings. The van der Waals surface area contributed by atoms with Crippen LogP contribution in [0.25, 0.3) is 11.0 Å². The highest BCUT2D eigenvalue weighted by Crippen LogP contribution is 2.30. The Kier molecular flexibility index (Phi) is 5.22. The van der Waals surface area contributed by atoms with E-state index in [1.807, 2.05) is 0 Å². The Labute approximate surface area is 161 Å². The summed E-state index contributed by atoms with van der Waals surface area (Å²) in [5.41, 5.74) is -0.0332. The second kappa shape index (κ2) is 7.35. The van der Waals surface area contributed by atoms with Crippen LogP contribution in [-0.2, 0) is 6.61 Å². The number of fused-ring (bicyclic) bond motifs is 1. The lowest BCUT2D eigenvalue weighted by molar-refractivity contribution is -0.275. The standard InChI is InChI=1S/C17H17F4N5O3/c1-8(9-4-5-12(10(18)6-9)29-17(19,20)21)26-14-13(11(7-27)24-26)15(28)23-16(22-14)25(2)3/h4-6,8,27H,7H2,1-3H3,(H,22,23,28)/t8-/m1/s1. The fourth-order valence-electron chi connectivity index (χ4n) is 2.82. The molecule has 0 bridgehead atoms. The summed E-state index contributed by atoms with van der Waals surface area (Å²) in [5, 5.41) is 13.8. The predicted octanol–water partition coefficient (Wildman–Crippen LogP) is 2.32. The van der Waals surface area contributed by atoms with Crippen molar-refractivity contribution in [3.8, 4) is 5.75 Å². The molecule has 0 radical (unpaired) electrons. The molecule has 3 rings (SSSR count). The maximum atomic E-state index is 14.1. The molecule has 12 heteroatoms. The molecule has 1 atom stereocenters. The third kappa shape index (κ3) is 4.01. The molecule has 1 aromatic carbocycles. The van der Waals surface area contributed by atoms with Crippen molar-refractivity contribution < 1.29 is 27.4 Å². The van der Waals surface area contributed by atoms with E-state index < -0.39 is 36.1 Å². The largest absolute Gasteiger partial charge is 0.573 e. The van der Waals surface area contributed by atoms with Crippen LogP contribution in [0.5, 0.6) is 5.75 Å². The fraction of sp³-hybridized carbons (Fsp3) is 0.353. The van der Waals surface area contributed by atoms with E-state index in [0.717, 1.165) is 12.1 Å². The number of alkyl halides is 3. The summed E-state index contributed by atoms with van der Waals surface area (Å²) < 4.78 is 56.0. The molecule has 0 saturated heterocycles. The van der Waals surface area contributed by atoms with Crippen molar-refractivity contribution >= 4 is 17.0 Å². The van der Waals surface area contributed by atoms with Gasteiger partial charge in [0.15, 0.2) is 17.2 Å². The molecule has 0 aliphatic carbocycles. The van der Waals surface area contributed by atoms with E-state index in [4.69, 9.17) is 0 Å². The summed E-state index contributed by atoms with van der Waals surface area (Å²) in [6, 6.07) is 2.29. The van der Waals surface area contributed by atoms with Crippen molar-refractivity contribution in [3.05, 3.63) is 45.6 Å². The highest BCUT2D eigenvalue weighted by molar-refractivity contribution is 5.78. The molecule has 0 aliphatic heterocycles. The van der Waals surface area contributed by atoms with Gasteiger partial charge in [0.25, 0.3) is 5.56 Å². The molecule has 8 nitrogen and oxygen atoms in total. The molecule has 0 amide bonds. The van der Waals surface area contributed by atoms with Gasteiger partial charge < -0.3 is 14.7 Å². The minimum Gasteiger partial charge on any atom is -0.403 e. The third-order valence-electron chi connectivity index (χ3n) is 4.23. The zero-order valence-corrected chi connectivity index (χ0v) is 15.6. The predicted molar refractivity (Wildman–Crippen MR) is 95.3 cm³/mol. The SMILES string of the molecule is C[C@H](c1ccc(OC(F)(F)F)c(F)c1)n1nc(CO)c2c(=O)[nH]c(N(C)C)nc21. The Bertz CT molecular complexity index is 1110. The first-order valence-electron chi connectivity index (χ1n) is 8.36. The van der Waals surface area contributed by atoms with Gasteiger partial charge in [0.05, 0.1) is 12.6 Å². The number of nitrogens with one attached hydrogen (secondary N) is 1. The lowest BCUT2D eigenvalue weighted by atomic mass is 10.1. The quantitative estimate of drug-likeness (QED) is 0.621. The van der Waals surface area contributed by atoms with Gasteiger partial charge in [0, 0.05) is 14.1 Å². The Hall–Kier alpha value is -3.15. The van der Waals surface area contributed by atoms with Gasteiger partial charge >= 0.3 is 6.36 Å². The van der Waals surface area contributed by atoms with Crippen molar-refractivity contribution in [2.45, 2.75) is 25.9 Å². The fourth-order valence-corrected chi connectivity index (χ4v) is 2.82. The number of aromatic amines is 1. The summed E-state index contributed by atoms with van der Waals surface area (Å²) >= 11 is 0. The van der Waals surface area contributed by atoms with Gasteiger partial charge in [-0.1, -0.05) is 6.07 Å². The van der Waals surface area contributed by atoms with Crippen LogP contribution in [0.3, 0.4) is 0 Å². The van der Waals surface area contributed by atoms with E-state index in [1.54, 1.807) is 25.9 Å². The summed E-state index contributed by atoms with van der Waals surface area (Å²) in [7, 11) is 3.33. The number of ether oxygens (including phenoxy) is 1. The van der Waals surface area contributed by atoms with Gasteiger partial charge in [-0.3, -0.25) is 9.78 Å². The van der Waals surface area contributed by atoms with Gasteiger partial charge in [0.2, 0.25) is 5.95 Å². The number of rotatable bonds is 5. The average molecular weight is 415 g/mol. The second-order valence-electron chi connectivity index (χ2n) is 6.45. The van der Waals surface area contributed by atoms with Crippen molar-refractivity contribution in [1.29, 1.82) is 0 Å². The van der Waals surface area contributed by atoms with E-state index >= 15 is 0 Å². The van der Waals surface area contributed by atoms with Crippen molar-refractivity contribution in [3.63, 3.8) is 0 Å². The zero-order valence-electron chi connectivity index (χ0n) is 15.6. The molecular formula is C17H17F4N5O3. The Morgan fingerprint density at radius 2 is 2.03 bits per heavy atom. The van der Waals surface area contributed by atoms with Crippen molar-refractivity contribution in [1.82, 2.24) is 19.7 Å². The van der Waals surface area contributed by atoms with E-state index in [9.17, 15) is 27.5 Å². The van der Waals surface area contributed by atoms with Crippen LogP contribution in [0.4, 0.5) is 23.5 Å². The highest BCUT2D eigenvalue weighted by atomic mass is 19.4. The zero-order chi connectivity index (χ0) is 21.5. The molecular weight excluding hydrogens is 398 g/mol. The molecule has 29 heavy (non-hydrogen) atoms. The number of aromatic nitrogens is 4. The van der Waals surface area contributed by atoms with Crippen molar-refractivity contribution in [2.75, 3.05) is 19.0 Å². The minimum absolute atomic E-state index is 0.0717. The van der Waals surface area contributed by atoms with E-state index in [1.165, 1.54) is 10.7 Å². The van der Waals surface area contributed by atoms with Crippen LogP contribution in [-0.4, -0.2) is 45.3 Å². The number of hydrogen-bond acceptors (Lipinski definition) is 6. The topological polar surface area (TPSA) is 96.3 Å². The summed E-state index contributed by atoms with van der Waals surface area (Å²) in [5.74, 6) is -1.93. The Morgan fingerprint density at radius 1 is 1.34 bits per heavy atom. The molecule has 2 aromatic heterocycles. The third-order valence-corrected chi connectivity index (χ3v) is 4.23. The number of nitrogens with zero attached hydrogens (tertiary/aromatic N) is 4. The summed E-state index contributed by atoms with van der Waals surface area (Å²) in [6.07, 6.45) is -5.02. The monoisotopic (exact) mass is 415 g/mol. The Morgan fingerprint density at radius 3 is 2.59 bits per heavy atom. The number of halogens is 4. The number of anilines is 1. The molecule has 156 valence electrons. The van der Waals surface area contributed by atoms with Gasteiger partial charge in [-0.2, -0.15) is 10.1 Å².